The van der Waals surface area contributed by atoms with E-state index in [0.717, 1.165) is 4.47 Å². The van der Waals surface area contributed by atoms with Crippen LogP contribution in [0.4, 0.5) is 17.1 Å². The van der Waals surface area contributed by atoms with Gasteiger partial charge in [-0.25, -0.2) is 0 Å². The molecule has 0 saturated heterocycles. The van der Waals surface area contributed by atoms with E-state index in [-0.39, 0.29) is 22.4 Å². The Labute approximate surface area is 186 Å². The first-order chi connectivity index (χ1) is 14.4. The molecule has 30 heavy (non-hydrogen) atoms. The van der Waals surface area contributed by atoms with Crippen molar-refractivity contribution in [3.63, 3.8) is 0 Å². The minimum Gasteiger partial charge on any atom is -0.347 e. The molecule has 1 unspecified atom stereocenters. The van der Waals surface area contributed by atoms with Crippen molar-refractivity contribution < 1.29 is 9.72 Å². The van der Waals surface area contributed by atoms with Gasteiger partial charge in [-0.3, -0.25) is 14.9 Å². The molecule has 152 valence electrons. The molecule has 0 bridgehead atoms. The summed E-state index contributed by atoms with van der Waals surface area (Å²) in [6.45, 7) is 0. The Morgan fingerprint density at radius 1 is 0.933 bits per heavy atom. The highest BCUT2D eigenvalue weighted by atomic mass is 79.9. The van der Waals surface area contributed by atoms with Crippen LogP contribution in [0.3, 0.4) is 0 Å². The third-order valence-electron chi connectivity index (χ3n) is 4.13. The number of anilines is 2. The third-order valence-corrected chi connectivity index (χ3v) is 4.88. The van der Waals surface area contributed by atoms with Crippen molar-refractivity contribution in [3.8, 4) is 0 Å². The first-order valence-corrected chi connectivity index (χ1v) is 10.1. The molecule has 3 aromatic carbocycles. The fourth-order valence-electron chi connectivity index (χ4n) is 2.72. The number of carbonyl (C=O) groups is 1. The lowest BCUT2D eigenvalue weighted by atomic mass is 10.1. The van der Waals surface area contributed by atoms with E-state index in [1.165, 1.54) is 6.07 Å². The van der Waals surface area contributed by atoms with E-state index in [9.17, 15) is 14.9 Å². The van der Waals surface area contributed by atoms with Crippen LogP contribution in [0.1, 0.15) is 11.6 Å². The molecule has 3 rings (SSSR count). The molecule has 9 heteroatoms. The molecule has 0 aromatic heterocycles. The quantitative estimate of drug-likeness (QED) is 0.258. The number of carbonyl (C=O) groups excluding carboxylic acids is 1. The summed E-state index contributed by atoms with van der Waals surface area (Å²) in [7, 11) is 0. The molecule has 0 spiro atoms. The Kier molecular flexibility index (Phi) is 7.10. The number of nitrogens with zero attached hydrogens (tertiary/aromatic N) is 1. The number of nitro benzene ring substituents is 1. The first-order valence-electron chi connectivity index (χ1n) is 8.86. The smallest absolute Gasteiger partial charge is 0.292 e. The van der Waals surface area contributed by atoms with E-state index in [1.54, 1.807) is 42.5 Å². The minimum absolute atomic E-state index is 0.0871. The SMILES string of the molecule is O=C(Nc1ccc(Br)cc1)C(NC(=S)Nc1ccccc1[N+](=O)[O-])c1ccccc1. The standard InChI is InChI=1S/C21H17BrN4O3S/c22-15-10-12-16(13-11-15)23-20(27)19(14-6-2-1-3-7-14)25-21(30)24-17-8-4-5-9-18(17)26(28)29/h1-13,19H,(H,23,27)(H2,24,25,30). The van der Waals surface area contributed by atoms with Crippen molar-refractivity contribution in [1.29, 1.82) is 0 Å². The average Bonchev–Trinajstić information content (AvgIpc) is 2.74. The highest BCUT2D eigenvalue weighted by molar-refractivity contribution is 9.10. The van der Waals surface area contributed by atoms with Gasteiger partial charge in [-0.2, -0.15) is 0 Å². The molecule has 3 aromatic rings. The molecule has 0 fully saturated rings. The van der Waals surface area contributed by atoms with E-state index in [0.29, 0.717) is 11.3 Å². The van der Waals surface area contributed by atoms with E-state index >= 15 is 0 Å². The van der Waals surface area contributed by atoms with Crippen LogP contribution in [0.5, 0.6) is 0 Å². The predicted octanol–water partition coefficient (Wildman–Crippen LogP) is 5.02. The van der Waals surface area contributed by atoms with Crippen molar-refractivity contribution in [2.45, 2.75) is 6.04 Å². The van der Waals surface area contributed by atoms with Gasteiger partial charge in [0.15, 0.2) is 5.11 Å². The molecule has 3 N–H and O–H groups in total. The summed E-state index contributed by atoms with van der Waals surface area (Å²) in [6.07, 6.45) is 0. The zero-order valence-corrected chi connectivity index (χ0v) is 17.9. The van der Waals surface area contributed by atoms with Crippen LogP contribution in [0.25, 0.3) is 0 Å². The first kappa shape index (κ1) is 21.4. The number of rotatable bonds is 6. The summed E-state index contributed by atoms with van der Waals surface area (Å²) in [5.74, 6) is -0.324. The number of amides is 1. The predicted molar refractivity (Wildman–Crippen MR) is 124 cm³/mol. The fraction of sp³-hybridized carbons (Fsp3) is 0.0476. The Bertz CT molecular complexity index is 1060. The zero-order chi connectivity index (χ0) is 21.5. The summed E-state index contributed by atoms with van der Waals surface area (Å²) in [4.78, 5) is 23.7. The normalized spacial score (nSPS) is 11.2. The highest BCUT2D eigenvalue weighted by Crippen LogP contribution is 2.24. The van der Waals surface area contributed by atoms with Crippen LogP contribution in [-0.4, -0.2) is 15.9 Å². The minimum atomic E-state index is -0.808. The summed E-state index contributed by atoms with van der Waals surface area (Å²) in [5, 5.41) is 19.9. The van der Waals surface area contributed by atoms with Crippen LogP contribution in [0.15, 0.2) is 83.3 Å². The lowest BCUT2D eigenvalue weighted by molar-refractivity contribution is -0.383. The van der Waals surface area contributed by atoms with Crippen molar-refractivity contribution in [2.24, 2.45) is 0 Å². The average molecular weight is 485 g/mol. The monoisotopic (exact) mass is 484 g/mol. The lowest BCUT2D eigenvalue weighted by Gasteiger charge is -2.21. The van der Waals surface area contributed by atoms with Gasteiger partial charge in [0.25, 0.3) is 11.6 Å². The number of benzene rings is 3. The molecule has 0 aliphatic carbocycles. The molecule has 7 nitrogen and oxygen atoms in total. The number of nitro groups is 1. The molecule has 1 atom stereocenters. The van der Waals surface area contributed by atoms with Gasteiger partial charge in [0.1, 0.15) is 11.7 Å². The van der Waals surface area contributed by atoms with E-state index in [2.05, 4.69) is 31.9 Å². The van der Waals surface area contributed by atoms with Crippen LogP contribution in [-0.2, 0) is 4.79 Å². The maximum Gasteiger partial charge on any atom is 0.292 e. The summed E-state index contributed by atoms with van der Waals surface area (Å²) < 4.78 is 0.896. The number of nitrogens with one attached hydrogen (secondary N) is 3. The van der Waals surface area contributed by atoms with Crippen molar-refractivity contribution in [2.75, 3.05) is 10.6 Å². The largest absolute Gasteiger partial charge is 0.347 e. The molecule has 0 saturated carbocycles. The Balaban J connectivity index is 1.79. The van der Waals surface area contributed by atoms with Crippen molar-refractivity contribution >= 4 is 56.2 Å². The van der Waals surface area contributed by atoms with Gasteiger partial charge in [0, 0.05) is 16.2 Å². The Morgan fingerprint density at radius 3 is 2.23 bits per heavy atom. The maximum atomic E-state index is 13.0. The highest BCUT2D eigenvalue weighted by Gasteiger charge is 2.22. The molecule has 0 aliphatic rings. The second-order valence-corrected chi connectivity index (χ2v) is 7.54. The number of hydrogen-bond donors (Lipinski definition) is 3. The lowest BCUT2D eigenvalue weighted by Crippen LogP contribution is -2.39. The van der Waals surface area contributed by atoms with E-state index < -0.39 is 11.0 Å². The van der Waals surface area contributed by atoms with Gasteiger partial charge in [-0.1, -0.05) is 58.4 Å². The number of halogens is 1. The van der Waals surface area contributed by atoms with Crippen LogP contribution >= 0.6 is 28.1 Å². The van der Waals surface area contributed by atoms with Gasteiger partial charge in [0.2, 0.25) is 0 Å². The summed E-state index contributed by atoms with van der Waals surface area (Å²) in [5.41, 5.74) is 1.44. The second kappa shape index (κ2) is 9.95. The number of hydrogen-bond acceptors (Lipinski definition) is 4. The van der Waals surface area contributed by atoms with Crippen molar-refractivity contribution in [1.82, 2.24) is 5.32 Å². The van der Waals surface area contributed by atoms with Crippen molar-refractivity contribution in [3.05, 3.63) is 99.0 Å². The Hall–Kier alpha value is -3.30. The molecule has 1 amide bonds. The van der Waals surface area contributed by atoms with E-state index in [1.807, 2.05) is 30.3 Å². The Morgan fingerprint density at radius 2 is 1.57 bits per heavy atom. The maximum absolute atomic E-state index is 13.0. The molecular weight excluding hydrogens is 468 g/mol. The van der Waals surface area contributed by atoms with Crippen LogP contribution in [0, 0.1) is 10.1 Å². The van der Waals surface area contributed by atoms with Gasteiger partial charge < -0.3 is 16.0 Å². The fourth-order valence-corrected chi connectivity index (χ4v) is 3.21. The summed E-state index contributed by atoms with van der Waals surface area (Å²) in [6, 6.07) is 21.6. The number of para-hydroxylation sites is 2. The zero-order valence-electron chi connectivity index (χ0n) is 15.5. The topological polar surface area (TPSA) is 96.3 Å². The van der Waals surface area contributed by atoms with Gasteiger partial charge in [-0.05, 0) is 48.1 Å². The van der Waals surface area contributed by atoms with Gasteiger partial charge in [-0.15, -0.1) is 0 Å². The van der Waals surface area contributed by atoms with E-state index in [4.69, 9.17) is 12.2 Å². The molecule has 0 aliphatic heterocycles. The summed E-state index contributed by atoms with van der Waals surface area (Å²) >= 11 is 8.69. The molecular formula is C21H17BrN4O3S. The molecule has 0 heterocycles. The third kappa shape index (κ3) is 5.62. The number of thiocarbonyl (C=S) groups is 1. The second-order valence-electron chi connectivity index (χ2n) is 6.21. The molecule has 0 radical (unpaired) electrons. The van der Waals surface area contributed by atoms with Crippen LogP contribution in [0.2, 0.25) is 0 Å². The van der Waals surface area contributed by atoms with Gasteiger partial charge >= 0.3 is 0 Å². The van der Waals surface area contributed by atoms with Crippen LogP contribution < -0.4 is 16.0 Å². The van der Waals surface area contributed by atoms with Gasteiger partial charge in [0.05, 0.1) is 4.92 Å².